The SMILES string of the molecule is O=C(c1ccc2c(c1)OCCO2)C1CCN(C(=O)c2ccccc2)CC1. The number of hydrogen-bond acceptors (Lipinski definition) is 4. The summed E-state index contributed by atoms with van der Waals surface area (Å²) in [6.45, 7) is 2.25. The van der Waals surface area contributed by atoms with Gasteiger partial charge in [0.15, 0.2) is 17.3 Å². The highest BCUT2D eigenvalue weighted by Gasteiger charge is 2.29. The molecule has 0 N–H and O–H groups in total. The van der Waals surface area contributed by atoms with E-state index in [-0.39, 0.29) is 17.6 Å². The fourth-order valence-electron chi connectivity index (χ4n) is 3.54. The van der Waals surface area contributed by atoms with Gasteiger partial charge in [0.25, 0.3) is 5.91 Å². The average molecular weight is 351 g/mol. The van der Waals surface area contributed by atoms with E-state index < -0.39 is 0 Å². The Balaban J connectivity index is 1.40. The largest absolute Gasteiger partial charge is 0.486 e. The Hall–Kier alpha value is -2.82. The molecule has 5 nitrogen and oxygen atoms in total. The highest BCUT2D eigenvalue weighted by atomic mass is 16.6. The van der Waals surface area contributed by atoms with Crippen LogP contribution in [0.1, 0.15) is 33.6 Å². The molecule has 2 aliphatic rings. The van der Waals surface area contributed by atoms with E-state index in [1.54, 1.807) is 18.2 Å². The standard InChI is InChI=1S/C21H21NO4/c23-20(17-6-7-18-19(14-17)26-13-12-25-18)15-8-10-22(11-9-15)21(24)16-4-2-1-3-5-16/h1-7,14-15H,8-13H2. The van der Waals surface area contributed by atoms with Gasteiger partial charge < -0.3 is 14.4 Å². The lowest BCUT2D eigenvalue weighted by atomic mass is 9.88. The molecule has 0 spiro atoms. The van der Waals surface area contributed by atoms with Gasteiger partial charge in [-0.05, 0) is 43.2 Å². The maximum Gasteiger partial charge on any atom is 0.253 e. The Morgan fingerprint density at radius 1 is 0.846 bits per heavy atom. The Morgan fingerprint density at radius 3 is 2.27 bits per heavy atom. The van der Waals surface area contributed by atoms with E-state index in [0.29, 0.717) is 61.8 Å². The van der Waals surface area contributed by atoms with Crippen molar-refractivity contribution in [2.75, 3.05) is 26.3 Å². The molecule has 1 fully saturated rings. The van der Waals surface area contributed by atoms with Gasteiger partial charge in [0.2, 0.25) is 0 Å². The number of rotatable bonds is 3. The number of hydrogen-bond donors (Lipinski definition) is 0. The van der Waals surface area contributed by atoms with E-state index in [4.69, 9.17) is 9.47 Å². The number of ether oxygens (including phenoxy) is 2. The summed E-state index contributed by atoms with van der Waals surface area (Å²) in [5, 5.41) is 0. The van der Waals surface area contributed by atoms with Gasteiger partial charge in [0.1, 0.15) is 13.2 Å². The Bertz CT molecular complexity index is 810. The summed E-state index contributed by atoms with van der Waals surface area (Å²) in [6, 6.07) is 14.7. The molecule has 1 amide bonds. The predicted molar refractivity (Wildman–Crippen MR) is 96.8 cm³/mol. The van der Waals surface area contributed by atoms with Crippen molar-refractivity contribution in [3.05, 3.63) is 59.7 Å². The number of ketones is 1. The minimum absolute atomic E-state index is 0.0378. The monoisotopic (exact) mass is 351 g/mol. The summed E-state index contributed by atoms with van der Waals surface area (Å²) < 4.78 is 11.1. The molecule has 0 unspecified atom stereocenters. The van der Waals surface area contributed by atoms with Gasteiger partial charge in [-0.2, -0.15) is 0 Å². The van der Waals surface area contributed by atoms with Gasteiger partial charge in [-0.1, -0.05) is 18.2 Å². The van der Waals surface area contributed by atoms with Crippen LogP contribution in [0.25, 0.3) is 0 Å². The summed E-state index contributed by atoms with van der Waals surface area (Å²) in [4.78, 5) is 27.2. The zero-order valence-corrected chi connectivity index (χ0v) is 14.5. The van der Waals surface area contributed by atoms with Crippen molar-refractivity contribution in [2.24, 2.45) is 5.92 Å². The summed E-state index contributed by atoms with van der Waals surface area (Å²) in [7, 11) is 0. The van der Waals surface area contributed by atoms with E-state index >= 15 is 0 Å². The van der Waals surface area contributed by atoms with Crippen molar-refractivity contribution in [1.29, 1.82) is 0 Å². The van der Waals surface area contributed by atoms with Gasteiger partial charge in [-0.15, -0.1) is 0 Å². The lowest BCUT2D eigenvalue weighted by Gasteiger charge is -2.31. The fourth-order valence-corrected chi connectivity index (χ4v) is 3.54. The van der Waals surface area contributed by atoms with Gasteiger partial charge in [-0.25, -0.2) is 0 Å². The number of piperidine rings is 1. The highest BCUT2D eigenvalue weighted by Crippen LogP contribution is 2.32. The number of benzene rings is 2. The molecule has 5 heteroatoms. The zero-order valence-electron chi connectivity index (χ0n) is 14.5. The van der Waals surface area contributed by atoms with E-state index in [0.717, 1.165) is 0 Å². The second-order valence-electron chi connectivity index (χ2n) is 6.66. The molecule has 0 aromatic heterocycles. The normalized spacial score (nSPS) is 17.0. The number of amides is 1. The quantitative estimate of drug-likeness (QED) is 0.797. The molecule has 26 heavy (non-hydrogen) atoms. The molecule has 0 radical (unpaired) electrons. The predicted octanol–water partition coefficient (Wildman–Crippen LogP) is 3.19. The highest BCUT2D eigenvalue weighted by molar-refractivity contribution is 5.99. The fraction of sp³-hybridized carbons (Fsp3) is 0.333. The Labute approximate surface area is 152 Å². The van der Waals surface area contributed by atoms with Crippen LogP contribution in [0, 0.1) is 5.92 Å². The van der Waals surface area contributed by atoms with E-state index in [1.807, 2.05) is 35.2 Å². The van der Waals surface area contributed by atoms with Crippen LogP contribution in [0.15, 0.2) is 48.5 Å². The van der Waals surface area contributed by atoms with Crippen LogP contribution >= 0.6 is 0 Å². The number of Topliss-reactive ketones (excluding diaryl/α,β-unsaturated/α-hetero) is 1. The van der Waals surface area contributed by atoms with Crippen molar-refractivity contribution < 1.29 is 19.1 Å². The van der Waals surface area contributed by atoms with E-state index in [2.05, 4.69) is 0 Å². The molecule has 2 aromatic carbocycles. The number of likely N-dealkylation sites (tertiary alicyclic amines) is 1. The molecular formula is C21H21NO4. The van der Waals surface area contributed by atoms with Crippen molar-refractivity contribution in [3.63, 3.8) is 0 Å². The minimum atomic E-state index is -0.0580. The Kier molecular flexibility index (Phi) is 4.61. The Morgan fingerprint density at radius 2 is 1.54 bits per heavy atom. The van der Waals surface area contributed by atoms with Gasteiger partial charge in [0.05, 0.1) is 0 Å². The summed E-state index contributed by atoms with van der Waals surface area (Å²) in [5.74, 6) is 1.43. The van der Waals surface area contributed by atoms with Crippen molar-refractivity contribution in [1.82, 2.24) is 4.90 Å². The summed E-state index contributed by atoms with van der Waals surface area (Å²) in [6.07, 6.45) is 1.37. The van der Waals surface area contributed by atoms with Crippen molar-refractivity contribution in [2.45, 2.75) is 12.8 Å². The summed E-state index contributed by atoms with van der Waals surface area (Å²) in [5.41, 5.74) is 1.35. The van der Waals surface area contributed by atoms with Crippen LogP contribution < -0.4 is 9.47 Å². The molecule has 4 rings (SSSR count). The third-order valence-electron chi connectivity index (χ3n) is 5.00. The first-order valence-corrected chi connectivity index (χ1v) is 9.00. The van der Waals surface area contributed by atoms with Crippen molar-refractivity contribution in [3.8, 4) is 11.5 Å². The van der Waals surface area contributed by atoms with Gasteiger partial charge >= 0.3 is 0 Å². The molecule has 2 aliphatic heterocycles. The van der Waals surface area contributed by atoms with Crippen LogP contribution in [-0.4, -0.2) is 42.9 Å². The first-order chi connectivity index (χ1) is 12.7. The van der Waals surface area contributed by atoms with E-state index in [9.17, 15) is 9.59 Å². The second-order valence-corrected chi connectivity index (χ2v) is 6.66. The van der Waals surface area contributed by atoms with Crippen LogP contribution in [0.2, 0.25) is 0 Å². The van der Waals surface area contributed by atoms with Gasteiger partial charge in [0, 0.05) is 30.1 Å². The second kappa shape index (κ2) is 7.20. The first-order valence-electron chi connectivity index (χ1n) is 9.00. The number of carbonyl (C=O) groups is 2. The third-order valence-corrected chi connectivity index (χ3v) is 5.00. The maximum absolute atomic E-state index is 12.8. The third kappa shape index (κ3) is 3.29. The topological polar surface area (TPSA) is 55.8 Å². The van der Waals surface area contributed by atoms with Crippen LogP contribution in [0.4, 0.5) is 0 Å². The average Bonchev–Trinajstić information content (AvgIpc) is 2.73. The lowest BCUT2D eigenvalue weighted by molar-refractivity contribution is 0.0650. The molecule has 0 aliphatic carbocycles. The van der Waals surface area contributed by atoms with E-state index in [1.165, 1.54) is 0 Å². The van der Waals surface area contributed by atoms with Crippen molar-refractivity contribution >= 4 is 11.7 Å². The molecule has 0 saturated carbocycles. The minimum Gasteiger partial charge on any atom is -0.486 e. The van der Waals surface area contributed by atoms with Crippen LogP contribution in [0.5, 0.6) is 11.5 Å². The molecule has 2 heterocycles. The van der Waals surface area contributed by atoms with Crippen LogP contribution in [0.3, 0.4) is 0 Å². The first kappa shape index (κ1) is 16.6. The van der Waals surface area contributed by atoms with Gasteiger partial charge in [-0.3, -0.25) is 9.59 Å². The summed E-state index contributed by atoms with van der Waals surface area (Å²) >= 11 is 0. The van der Waals surface area contributed by atoms with Crippen LogP contribution in [-0.2, 0) is 0 Å². The number of fused-ring (bicyclic) bond motifs is 1. The molecular weight excluding hydrogens is 330 g/mol. The molecule has 134 valence electrons. The molecule has 2 aromatic rings. The number of carbonyl (C=O) groups excluding carboxylic acids is 2. The smallest absolute Gasteiger partial charge is 0.253 e. The molecule has 1 saturated heterocycles. The lowest BCUT2D eigenvalue weighted by Crippen LogP contribution is -2.40. The number of nitrogens with zero attached hydrogens (tertiary/aromatic N) is 1. The zero-order chi connectivity index (χ0) is 17.9. The molecule has 0 bridgehead atoms. The molecule has 0 atom stereocenters. The maximum atomic E-state index is 12.8.